The topological polar surface area (TPSA) is 165 Å². The molecular weight excluding hydrogens is 322 g/mol. The molecule has 0 atom stereocenters. The zero-order valence-electron chi connectivity index (χ0n) is 12.2. The van der Waals surface area contributed by atoms with Crippen LogP contribution in [0.1, 0.15) is 16.9 Å². The molecule has 1 aromatic heterocycles. The summed E-state index contributed by atoms with van der Waals surface area (Å²) in [4.78, 5) is 43.3. The first-order chi connectivity index (χ1) is 11.2. The minimum atomic E-state index is -1.54. The van der Waals surface area contributed by atoms with Crippen LogP contribution in [-0.4, -0.2) is 49.3 Å². The van der Waals surface area contributed by atoms with E-state index in [1.165, 1.54) is 6.07 Å². The fraction of sp³-hybridized carbons (Fsp3) is 0.0667. The van der Waals surface area contributed by atoms with Crippen LogP contribution in [0, 0.1) is 0 Å². The molecule has 0 unspecified atom stereocenters. The van der Waals surface area contributed by atoms with Crippen molar-refractivity contribution >= 4 is 23.9 Å². The molecule has 0 aliphatic carbocycles. The van der Waals surface area contributed by atoms with E-state index in [-0.39, 0.29) is 5.69 Å². The Morgan fingerprint density at radius 1 is 0.917 bits per heavy atom. The van der Waals surface area contributed by atoms with Crippen molar-refractivity contribution in [2.45, 2.75) is 6.42 Å². The van der Waals surface area contributed by atoms with Crippen molar-refractivity contribution in [1.29, 1.82) is 0 Å². The van der Waals surface area contributed by atoms with E-state index in [4.69, 9.17) is 20.4 Å². The Bertz CT molecular complexity index is 664. The zero-order valence-corrected chi connectivity index (χ0v) is 12.2. The quantitative estimate of drug-likeness (QED) is 0.503. The smallest absolute Gasteiger partial charge is 0.352 e. The van der Waals surface area contributed by atoms with Gasteiger partial charge in [0.15, 0.2) is 0 Å². The lowest BCUT2D eigenvalue weighted by atomic mass is 10.2. The summed E-state index contributed by atoms with van der Waals surface area (Å²) in [5, 5.41) is 33.2. The first-order valence-electron chi connectivity index (χ1n) is 6.32. The molecule has 0 amide bonds. The second-order valence-corrected chi connectivity index (χ2v) is 4.04. The van der Waals surface area contributed by atoms with Crippen molar-refractivity contribution in [3.63, 3.8) is 0 Å². The lowest BCUT2D eigenvalue weighted by Crippen LogP contribution is -2.08. The van der Waals surface area contributed by atoms with E-state index in [0.717, 1.165) is 0 Å². The number of carboxylic acid groups (broad SMARTS) is 4. The fourth-order valence-corrected chi connectivity index (χ4v) is 1.22. The highest BCUT2D eigenvalue weighted by Crippen LogP contribution is 2.00. The van der Waals surface area contributed by atoms with Gasteiger partial charge in [0, 0.05) is 12.3 Å². The minimum Gasteiger partial charge on any atom is -0.481 e. The van der Waals surface area contributed by atoms with Crippen molar-refractivity contribution in [2.24, 2.45) is 0 Å². The third-order valence-electron chi connectivity index (χ3n) is 2.19. The van der Waals surface area contributed by atoms with Crippen molar-refractivity contribution in [3.05, 3.63) is 59.9 Å². The largest absolute Gasteiger partial charge is 0.481 e. The summed E-state index contributed by atoms with van der Waals surface area (Å²) in [6.07, 6.45) is 1.13. The molecule has 24 heavy (non-hydrogen) atoms. The number of carboxylic acids is 4. The Hall–Kier alpha value is -3.62. The van der Waals surface area contributed by atoms with E-state index in [1.54, 1.807) is 24.4 Å². The molecular formula is C15H15NO8. The summed E-state index contributed by atoms with van der Waals surface area (Å²) in [6, 6.07) is 10.3. The first-order valence-corrected chi connectivity index (χ1v) is 6.32. The van der Waals surface area contributed by atoms with Crippen LogP contribution < -0.4 is 0 Å². The lowest BCUT2D eigenvalue weighted by molar-refractivity contribution is -0.140. The standard InChI is InChI=1S/C9H9NO2.C6H6O6/c11-9(12)8-6-4-2-1-3-5-7-10-8;7-4(8)1-3(6(11)12)2-5(9)10/h1-7,10H,(H,11,12);1H,2H2,(H,7,8)(H,9,10)(H,11,12). The molecule has 0 aromatic carbocycles. The lowest BCUT2D eigenvalue weighted by Gasteiger charge is -1.94. The van der Waals surface area contributed by atoms with Crippen LogP contribution in [0.2, 0.25) is 0 Å². The molecule has 0 fully saturated rings. The molecule has 9 nitrogen and oxygen atoms in total. The molecule has 0 saturated carbocycles. The van der Waals surface area contributed by atoms with Crippen LogP contribution in [0.25, 0.3) is 0 Å². The third-order valence-corrected chi connectivity index (χ3v) is 2.19. The van der Waals surface area contributed by atoms with Gasteiger partial charge in [0.2, 0.25) is 0 Å². The normalized spacial score (nSPS) is 9.75. The maximum Gasteiger partial charge on any atom is 0.352 e. The highest BCUT2D eigenvalue weighted by molar-refractivity contribution is 5.98. The summed E-state index contributed by atoms with van der Waals surface area (Å²) < 4.78 is 0. The summed E-state index contributed by atoms with van der Waals surface area (Å²) >= 11 is 0. The van der Waals surface area contributed by atoms with Crippen LogP contribution in [0.3, 0.4) is 0 Å². The Morgan fingerprint density at radius 2 is 1.50 bits per heavy atom. The van der Waals surface area contributed by atoms with E-state index < -0.39 is 35.9 Å². The van der Waals surface area contributed by atoms with Crippen LogP contribution in [0.15, 0.2) is 54.2 Å². The van der Waals surface area contributed by atoms with Crippen molar-refractivity contribution in [3.8, 4) is 0 Å². The molecule has 0 bridgehead atoms. The summed E-state index contributed by atoms with van der Waals surface area (Å²) in [5.41, 5.74) is -0.499. The van der Waals surface area contributed by atoms with Gasteiger partial charge in [0.1, 0.15) is 5.69 Å². The number of aromatic nitrogens is 1. The Labute approximate surface area is 135 Å². The predicted molar refractivity (Wildman–Crippen MR) is 81.0 cm³/mol. The van der Waals surface area contributed by atoms with E-state index in [1.807, 2.05) is 12.1 Å². The van der Waals surface area contributed by atoms with Gasteiger partial charge in [-0.15, -0.1) is 0 Å². The minimum absolute atomic E-state index is 0.159. The van der Waals surface area contributed by atoms with Crippen LogP contribution >= 0.6 is 0 Å². The second kappa shape index (κ2) is 11.0. The van der Waals surface area contributed by atoms with Gasteiger partial charge >= 0.3 is 23.9 Å². The number of aliphatic carboxylic acids is 3. The number of carbonyl (C=O) groups is 4. The van der Waals surface area contributed by atoms with Gasteiger partial charge in [0.05, 0.1) is 12.0 Å². The van der Waals surface area contributed by atoms with Gasteiger partial charge in [0.25, 0.3) is 0 Å². The maximum absolute atomic E-state index is 10.5. The highest BCUT2D eigenvalue weighted by atomic mass is 16.4. The zero-order chi connectivity index (χ0) is 18.5. The van der Waals surface area contributed by atoms with Gasteiger partial charge in [-0.3, -0.25) is 4.79 Å². The molecule has 0 aliphatic heterocycles. The van der Waals surface area contributed by atoms with Gasteiger partial charge in [-0.1, -0.05) is 24.3 Å². The number of hydrogen-bond donors (Lipinski definition) is 5. The SMILES string of the molecule is O=C(O)C=C(CC(=O)O)C(=O)O.O=C(O)c1ccccccc[nH]1. The molecule has 1 aromatic rings. The maximum atomic E-state index is 10.5. The van der Waals surface area contributed by atoms with Crippen LogP contribution in [0.5, 0.6) is 0 Å². The van der Waals surface area contributed by atoms with Crippen molar-refractivity contribution in [1.82, 2.24) is 4.98 Å². The Balaban J connectivity index is 0.000000441. The highest BCUT2D eigenvalue weighted by Gasteiger charge is 2.12. The van der Waals surface area contributed by atoms with Crippen molar-refractivity contribution in [2.75, 3.05) is 0 Å². The van der Waals surface area contributed by atoms with E-state index >= 15 is 0 Å². The number of aromatic carboxylic acids is 1. The summed E-state index contributed by atoms with van der Waals surface area (Å²) in [6.45, 7) is 0. The number of rotatable bonds is 5. The molecule has 1 heterocycles. The van der Waals surface area contributed by atoms with Crippen molar-refractivity contribution < 1.29 is 39.6 Å². The van der Waals surface area contributed by atoms with Gasteiger partial charge in [-0.25, -0.2) is 14.4 Å². The molecule has 0 spiro atoms. The van der Waals surface area contributed by atoms with E-state index in [2.05, 4.69) is 4.98 Å². The Morgan fingerprint density at radius 3 is 2.00 bits per heavy atom. The number of aromatic amines is 1. The van der Waals surface area contributed by atoms with Gasteiger partial charge < -0.3 is 25.4 Å². The second-order valence-electron chi connectivity index (χ2n) is 4.04. The molecule has 9 heteroatoms. The molecule has 1 rings (SSSR count). The van der Waals surface area contributed by atoms with E-state index in [9.17, 15) is 19.2 Å². The first kappa shape index (κ1) is 20.4. The van der Waals surface area contributed by atoms with Gasteiger partial charge in [-0.05, 0) is 12.1 Å². The average Bonchev–Trinajstić information content (AvgIpc) is 2.59. The molecule has 5 N–H and O–H groups in total. The number of nitrogens with one attached hydrogen (secondary N) is 1. The third kappa shape index (κ3) is 10.2. The van der Waals surface area contributed by atoms with Crippen LogP contribution in [-0.2, 0) is 14.4 Å². The van der Waals surface area contributed by atoms with Crippen LogP contribution in [0.4, 0.5) is 0 Å². The summed E-state index contributed by atoms with van der Waals surface area (Å²) in [7, 11) is 0. The Kier molecular flexibility index (Phi) is 9.35. The molecule has 0 radical (unpaired) electrons. The van der Waals surface area contributed by atoms with Gasteiger partial charge in [-0.2, -0.15) is 0 Å². The summed E-state index contributed by atoms with van der Waals surface area (Å²) in [5.74, 6) is -5.37. The molecule has 0 saturated heterocycles. The molecule has 0 aliphatic rings. The molecule has 128 valence electrons. The monoisotopic (exact) mass is 337 g/mol. The fourth-order valence-electron chi connectivity index (χ4n) is 1.22. The average molecular weight is 337 g/mol. The number of H-pyrrole nitrogens is 1. The predicted octanol–water partition coefficient (Wildman–Crippen LogP) is 1.39. The van der Waals surface area contributed by atoms with E-state index in [0.29, 0.717) is 6.08 Å². The number of hydrogen-bond acceptors (Lipinski definition) is 4.